The number of hydrogen-bond acceptors (Lipinski definition) is 4. The lowest BCUT2D eigenvalue weighted by Gasteiger charge is -2.20. The van der Waals surface area contributed by atoms with Crippen LogP contribution in [-0.4, -0.2) is 26.2 Å². The lowest BCUT2D eigenvalue weighted by molar-refractivity contribution is 0.227. The minimum atomic E-state index is -3.79. The minimum Gasteiger partial charge on any atom is -0.395 e. The zero-order valence-corrected chi connectivity index (χ0v) is 11.1. The fourth-order valence-electron chi connectivity index (χ4n) is 1.44. The zero-order chi connectivity index (χ0) is 13.8. The highest BCUT2D eigenvalue weighted by Gasteiger charge is 2.23. The molecule has 18 heavy (non-hydrogen) atoms. The van der Waals surface area contributed by atoms with Gasteiger partial charge in [0, 0.05) is 6.04 Å². The first kappa shape index (κ1) is 14.6. The molecule has 1 aromatic rings. The molecule has 0 bridgehead atoms. The number of sulfonamides is 1. The van der Waals surface area contributed by atoms with Crippen molar-refractivity contribution < 1.29 is 13.5 Å². The van der Waals surface area contributed by atoms with Crippen molar-refractivity contribution in [3.8, 4) is 6.07 Å². The van der Waals surface area contributed by atoms with Crippen LogP contribution in [0.1, 0.15) is 19.4 Å². The summed E-state index contributed by atoms with van der Waals surface area (Å²) in [5.41, 5.74) is 0.0884. The van der Waals surface area contributed by atoms with Crippen LogP contribution < -0.4 is 4.72 Å². The average molecular weight is 268 g/mol. The van der Waals surface area contributed by atoms with Crippen LogP contribution in [0.15, 0.2) is 29.2 Å². The molecule has 0 fully saturated rings. The second kappa shape index (κ2) is 5.96. The zero-order valence-electron chi connectivity index (χ0n) is 10.3. The van der Waals surface area contributed by atoms with Gasteiger partial charge in [-0.05, 0) is 18.1 Å². The highest BCUT2D eigenvalue weighted by atomic mass is 32.2. The molecule has 1 rings (SSSR count). The third kappa shape index (κ3) is 3.29. The van der Waals surface area contributed by atoms with E-state index in [1.807, 2.05) is 6.07 Å². The highest BCUT2D eigenvalue weighted by molar-refractivity contribution is 7.89. The second-order valence-corrected chi connectivity index (χ2v) is 5.94. The monoisotopic (exact) mass is 268 g/mol. The molecular formula is C12H16N2O3S. The van der Waals surface area contributed by atoms with Crippen LogP contribution in [0.2, 0.25) is 0 Å². The van der Waals surface area contributed by atoms with Crippen LogP contribution in [0.25, 0.3) is 0 Å². The van der Waals surface area contributed by atoms with Gasteiger partial charge in [-0.25, -0.2) is 13.1 Å². The number of rotatable bonds is 5. The van der Waals surface area contributed by atoms with Crippen LogP contribution in [0.4, 0.5) is 0 Å². The van der Waals surface area contributed by atoms with Crippen molar-refractivity contribution in [1.82, 2.24) is 4.72 Å². The van der Waals surface area contributed by atoms with Crippen molar-refractivity contribution in [1.29, 1.82) is 5.26 Å². The Bertz CT molecular complexity index is 547. The summed E-state index contributed by atoms with van der Waals surface area (Å²) in [5.74, 6) is -0.0426. The molecule has 0 heterocycles. The van der Waals surface area contributed by atoms with Gasteiger partial charge in [-0.15, -0.1) is 0 Å². The Balaban J connectivity index is 3.11. The van der Waals surface area contributed by atoms with Crippen molar-refractivity contribution in [3.05, 3.63) is 29.8 Å². The molecule has 0 aliphatic carbocycles. The van der Waals surface area contributed by atoms with Gasteiger partial charge in [0.1, 0.15) is 6.07 Å². The fraction of sp³-hybridized carbons (Fsp3) is 0.417. The topological polar surface area (TPSA) is 90.2 Å². The minimum absolute atomic E-state index is 0.0426. The van der Waals surface area contributed by atoms with Crippen LogP contribution in [-0.2, 0) is 10.0 Å². The van der Waals surface area contributed by atoms with Gasteiger partial charge in [0.2, 0.25) is 10.0 Å². The van der Waals surface area contributed by atoms with E-state index in [-0.39, 0.29) is 23.0 Å². The first-order valence-corrected chi connectivity index (χ1v) is 7.03. The lowest BCUT2D eigenvalue weighted by atomic mass is 10.1. The molecule has 0 amide bonds. The Morgan fingerprint density at radius 1 is 1.39 bits per heavy atom. The van der Waals surface area contributed by atoms with E-state index in [1.165, 1.54) is 12.1 Å². The predicted octanol–water partition coefficient (Wildman–Crippen LogP) is 0.853. The molecule has 0 saturated carbocycles. The first-order valence-electron chi connectivity index (χ1n) is 5.54. The summed E-state index contributed by atoms with van der Waals surface area (Å²) in [4.78, 5) is -0.0633. The number of benzene rings is 1. The Kier molecular flexibility index (Phi) is 4.84. The van der Waals surface area contributed by atoms with Gasteiger partial charge in [0.05, 0.1) is 17.1 Å². The van der Waals surface area contributed by atoms with Crippen LogP contribution in [0.5, 0.6) is 0 Å². The molecule has 0 aliphatic rings. The molecule has 0 radical (unpaired) electrons. The van der Waals surface area contributed by atoms with Crippen LogP contribution >= 0.6 is 0 Å². The molecule has 5 nitrogen and oxygen atoms in total. The number of nitrogens with one attached hydrogen (secondary N) is 1. The summed E-state index contributed by atoms with van der Waals surface area (Å²) < 4.78 is 26.6. The highest BCUT2D eigenvalue weighted by Crippen LogP contribution is 2.15. The smallest absolute Gasteiger partial charge is 0.242 e. The van der Waals surface area contributed by atoms with E-state index < -0.39 is 16.1 Å². The number of hydrogen-bond donors (Lipinski definition) is 2. The Labute approximate surface area is 107 Å². The van der Waals surface area contributed by atoms with E-state index in [2.05, 4.69) is 4.72 Å². The van der Waals surface area contributed by atoms with Crippen LogP contribution in [0, 0.1) is 17.2 Å². The average Bonchev–Trinajstić information content (AvgIpc) is 2.35. The summed E-state index contributed by atoms with van der Waals surface area (Å²) >= 11 is 0. The molecule has 1 atom stereocenters. The quantitative estimate of drug-likeness (QED) is 0.828. The third-order valence-corrected chi connectivity index (χ3v) is 4.15. The summed E-state index contributed by atoms with van der Waals surface area (Å²) in [6.45, 7) is 3.32. The Hall–Kier alpha value is -1.42. The van der Waals surface area contributed by atoms with Crippen molar-refractivity contribution >= 4 is 10.0 Å². The largest absolute Gasteiger partial charge is 0.395 e. The van der Waals surface area contributed by atoms with E-state index in [0.717, 1.165) is 0 Å². The molecule has 1 aromatic carbocycles. The number of nitrogens with zero attached hydrogens (tertiary/aromatic N) is 1. The molecule has 0 aliphatic heterocycles. The Morgan fingerprint density at radius 2 is 2.00 bits per heavy atom. The summed E-state index contributed by atoms with van der Waals surface area (Å²) in [6, 6.07) is 7.24. The number of aliphatic hydroxyl groups is 1. The number of aliphatic hydroxyl groups excluding tert-OH is 1. The maximum atomic E-state index is 12.1. The first-order chi connectivity index (χ1) is 8.42. The third-order valence-electron chi connectivity index (χ3n) is 2.60. The van der Waals surface area contributed by atoms with Gasteiger partial charge in [-0.3, -0.25) is 0 Å². The molecule has 98 valence electrons. The molecule has 0 unspecified atom stereocenters. The normalized spacial score (nSPS) is 13.3. The standard InChI is InChI=1S/C12H16N2O3S/c1-9(2)11(8-15)14-18(16,17)12-6-4-3-5-10(12)7-13/h3-6,9,11,14-15H,8H2,1-2H3/t11-/m1/s1. The molecule has 0 saturated heterocycles. The lowest BCUT2D eigenvalue weighted by Crippen LogP contribution is -2.41. The molecule has 2 N–H and O–H groups in total. The van der Waals surface area contributed by atoms with Crippen molar-refractivity contribution in [2.75, 3.05) is 6.61 Å². The SMILES string of the molecule is CC(C)[C@@H](CO)NS(=O)(=O)c1ccccc1C#N. The molecule has 0 aromatic heterocycles. The molecular weight excluding hydrogens is 252 g/mol. The van der Waals surface area contributed by atoms with Crippen LogP contribution in [0.3, 0.4) is 0 Å². The predicted molar refractivity (Wildman–Crippen MR) is 67.2 cm³/mol. The maximum absolute atomic E-state index is 12.1. The van der Waals surface area contributed by atoms with Crippen molar-refractivity contribution in [2.24, 2.45) is 5.92 Å². The van der Waals surface area contributed by atoms with Gasteiger partial charge in [0.15, 0.2) is 0 Å². The van der Waals surface area contributed by atoms with Gasteiger partial charge >= 0.3 is 0 Å². The number of nitriles is 1. The van der Waals surface area contributed by atoms with Gasteiger partial charge < -0.3 is 5.11 Å². The molecule has 0 spiro atoms. The summed E-state index contributed by atoms with van der Waals surface area (Å²) in [7, 11) is -3.79. The van der Waals surface area contributed by atoms with E-state index in [4.69, 9.17) is 10.4 Å². The van der Waals surface area contributed by atoms with Gasteiger partial charge in [-0.2, -0.15) is 5.26 Å². The van der Waals surface area contributed by atoms with E-state index >= 15 is 0 Å². The van der Waals surface area contributed by atoms with E-state index in [0.29, 0.717) is 0 Å². The maximum Gasteiger partial charge on any atom is 0.242 e. The van der Waals surface area contributed by atoms with Crippen molar-refractivity contribution in [2.45, 2.75) is 24.8 Å². The summed E-state index contributed by atoms with van der Waals surface area (Å²) in [5, 5.41) is 18.0. The van der Waals surface area contributed by atoms with Gasteiger partial charge in [-0.1, -0.05) is 26.0 Å². The second-order valence-electron chi connectivity index (χ2n) is 4.26. The van der Waals surface area contributed by atoms with Gasteiger partial charge in [0.25, 0.3) is 0 Å². The fourth-order valence-corrected chi connectivity index (χ4v) is 2.97. The van der Waals surface area contributed by atoms with E-state index in [1.54, 1.807) is 26.0 Å². The Morgan fingerprint density at radius 3 is 2.50 bits per heavy atom. The summed E-state index contributed by atoms with van der Waals surface area (Å²) in [6.07, 6.45) is 0. The van der Waals surface area contributed by atoms with Crippen molar-refractivity contribution in [3.63, 3.8) is 0 Å². The molecule has 6 heteroatoms. The van der Waals surface area contributed by atoms with E-state index in [9.17, 15) is 8.42 Å².